The van der Waals surface area contributed by atoms with E-state index in [1.807, 2.05) is 0 Å². The maximum atomic E-state index is 12.3. The van der Waals surface area contributed by atoms with Gasteiger partial charge in [0.25, 0.3) is 0 Å². The average molecular weight is 285 g/mol. The third-order valence-electron chi connectivity index (χ3n) is 3.38. The second kappa shape index (κ2) is 5.85. The standard InChI is InChI=1S/C12H19N3O3S/c1-13-11-5-6-14-8-12(11)19(16,17)15-9-3-4-10(7-9)18-2/h5-6,8-10,15H,3-4,7H2,1-2H3,(H,13,14). The van der Waals surface area contributed by atoms with Gasteiger partial charge in [0.05, 0.1) is 11.8 Å². The van der Waals surface area contributed by atoms with Crippen molar-refractivity contribution in [2.24, 2.45) is 0 Å². The monoisotopic (exact) mass is 285 g/mol. The van der Waals surface area contributed by atoms with Gasteiger partial charge in [0.15, 0.2) is 0 Å². The van der Waals surface area contributed by atoms with Crippen molar-refractivity contribution < 1.29 is 13.2 Å². The lowest BCUT2D eigenvalue weighted by atomic mass is 10.3. The molecule has 6 nitrogen and oxygen atoms in total. The fourth-order valence-corrected chi connectivity index (χ4v) is 3.78. The van der Waals surface area contributed by atoms with Crippen LogP contribution in [0.4, 0.5) is 5.69 Å². The Bertz CT molecular complexity index is 533. The largest absolute Gasteiger partial charge is 0.387 e. The first kappa shape index (κ1) is 14.2. The van der Waals surface area contributed by atoms with Crippen LogP contribution in [0.15, 0.2) is 23.4 Å². The molecular formula is C12H19N3O3S. The lowest BCUT2D eigenvalue weighted by Gasteiger charge is -2.15. The van der Waals surface area contributed by atoms with Gasteiger partial charge in [-0.3, -0.25) is 4.98 Å². The molecule has 0 radical (unpaired) electrons. The molecule has 1 fully saturated rings. The molecular weight excluding hydrogens is 266 g/mol. The molecule has 0 spiro atoms. The van der Waals surface area contributed by atoms with Crippen molar-refractivity contribution >= 4 is 15.7 Å². The van der Waals surface area contributed by atoms with E-state index in [0.29, 0.717) is 12.1 Å². The molecule has 2 atom stereocenters. The number of sulfonamides is 1. The van der Waals surface area contributed by atoms with Crippen molar-refractivity contribution in [2.75, 3.05) is 19.5 Å². The summed E-state index contributed by atoms with van der Waals surface area (Å²) >= 11 is 0. The number of nitrogens with zero attached hydrogens (tertiary/aromatic N) is 1. The minimum Gasteiger partial charge on any atom is -0.387 e. The van der Waals surface area contributed by atoms with Crippen LogP contribution in [0, 0.1) is 0 Å². The van der Waals surface area contributed by atoms with Crippen LogP contribution in [0.3, 0.4) is 0 Å². The van der Waals surface area contributed by atoms with Crippen molar-refractivity contribution in [2.45, 2.75) is 36.3 Å². The molecule has 1 heterocycles. The van der Waals surface area contributed by atoms with E-state index in [9.17, 15) is 8.42 Å². The highest BCUT2D eigenvalue weighted by Gasteiger charge is 2.29. The summed E-state index contributed by atoms with van der Waals surface area (Å²) in [6.07, 6.45) is 5.46. The molecule has 1 aliphatic rings. The summed E-state index contributed by atoms with van der Waals surface area (Å²) in [4.78, 5) is 4.06. The van der Waals surface area contributed by atoms with E-state index in [4.69, 9.17) is 4.74 Å². The molecule has 0 saturated heterocycles. The summed E-state index contributed by atoms with van der Waals surface area (Å²) in [5.74, 6) is 0. The number of anilines is 1. The Morgan fingerprint density at radius 1 is 1.42 bits per heavy atom. The predicted molar refractivity (Wildman–Crippen MR) is 72.5 cm³/mol. The van der Waals surface area contributed by atoms with Crippen LogP contribution in [0.1, 0.15) is 19.3 Å². The van der Waals surface area contributed by atoms with Gasteiger partial charge in [-0.1, -0.05) is 0 Å². The van der Waals surface area contributed by atoms with Gasteiger partial charge >= 0.3 is 0 Å². The second-order valence-corrected chi connectivity index (χ2v) is 6.29. The summed E-state index contributed by atoms with van der Waals surface area (Å²) in [6.45, 7) is 0. The highest BCUT2D eigenvalue weighted by molar-refractivity contribution is 7.89. The Balaban J connectivity index is 2.15. The highest BCUT2D eigenvalue weighted by atomic mass is 32.2. The van der Waals surface area contributed by atoms with Crippen LogP contribution in [0.5, 0.6) is 0 Å². The van der Waals surface area contributed by atoms with Crippen molar-refractivity contribution in [3.63, 3.8) is 0 Å². The van der Waals surface area contributed by atoms with E-state index >= 15 is 0 Å². The molecule has 7 heteroatoms. The number of methoxy groups -OCH3 is 1. The van der Waals surface area contributed by atoms with E-state index in [1.54, 1.807) is 26.4 Å². The van der Waals surface area contributed by atoms with E-state index in [2.05, 4.69) is 15.0 Å². The van der Waals surface area contributed by atoms with Crippen LogP contribution < -0.4 is 10.0 Å². The Labute approximate surface area is 113 Å². The van der Waals surface area contributed by atoms with Crippen LogP contribution >= 0.6 is 0 Å². The summed E-state index contributed by atoms with van der Waals surface area (Å²) in [7, 11) is -0.209. The number of ether oxygens (including phenoxy) is 1. The molecule has 0 aromatic carbocycles. The normalized spacial score (nSPS) is 23.5. The van der Waals surface area contributed by atoms with Crippen LogP contribution in [-0.2, 0) is 14.8 Å². The Morgan fingerprint density at radius 3 is 2.84 bits per heavy atom. The maximum Gasteiger partial charge on any atom is 0.244 e. The zero-order valence-corrected chi connectivity index (χ0v) is 11.9. The molecule has 1 aliphatic carbocycles. The van der Waals surface area contributed by atoms with Gasteiger partial charge in [-0.15, -0.1) is 0 Å². The van der Waals surface area contributed by atoms with E-state index < -0.39 is 10.0 Å². The molecule has 106 valence electrons. The lowest BCUT2D eigenvalue weighted by molar-refractivity contribution is 0.107. The summed E-state index contributed by atoms with van der Waals surface area (Å²) < 4.78 is 32.6. The van der Waals surface area contributed by atoms with Crippen molar-refractivity contribution in [1.82, 2.24) is 9.71 Å². The zero-order valence-electron chi connectivity index (χ0n) is 11.1. The molecule has 2 rings (SSSR count). The van der Waals surface area contributed by atoms with Crippen molar-refractivity contribution in [3.8, 4) is 0 Å². The van der Waals surface area contributed by atoms with Gasteiger partial charge in [-0.2, -0.15) is 0 Å². The first-order valence-corrected chi connectivity index (χ1v) is 7.72. The van der Waals surface area contributed by atoms with Gasteiger partial charge in [-0.05, 0) is 25.3 Å². The van der Waals surface area contributed by atoms with Crippen LogP contribution in [0.2, 0.25) is 0 Å². The summed E-state index contributed by atoms with van der Waals surface area (Å²) in [5, 5.41) is 2.86. The summed E-state index contributed by atoms with van der Waals surface area (Å²) in [5.41, 5.74) is 0.545. The lowest BCUT2D eigenvalue weighted by Crippen LogP contribution is -2.33. The number of rotatable bonds is 5. The third kappa shape index (κ3) is 3.23. The number of aromatic nitrogens is 1. The van der Waals surface area contributed by atoms with Crippen molar-refractivity contribution in [1.29, 1.82) is 0 Å². The number of hydrogen-bond acceptors (Lipinski definition) is 5. The maximum absolute atomic E-state index is 12.3. The second-order valence-electron chi connectivity index (χ2n) is 4.61. The molecule has 19 heavy (non-hydrogen) atoms. The minimum absolute atomic E-state index is 0.0696. The predicted octanol–water partition coefficient (Wildman–Crippen LogP) is 0.969. The smallest absolute Gasteiger partial charge is 0.244 e. The molecule has 2 unspecified atom stereocenters. The average Bonchev–Trinajstić information content (AvgIpc) is 2.85. The van der Waals surface area contributed by atoms with Gasteiger partial charge in [0.2, 0.25) is 10.0 Å². The topological polar surface area (TPSA) is 80.3 Å². The van der Waals surface area contributed by atoms with Gasteiger partial charge in [-0.25, -0.2) is 13.1 Å². The molecule has 1 aromatic heterocycles. The Kier molecular flexibility index (Phi) is 4.38. The highest BCUT2D eigenvalue weighted by Crippen LogP contribution is 2.25. The van der Waals surface area contributed by atoms with Gasteiger partial charge < -0.3 is 10.1 Å². The molecule has 2 N–H and O–H groups in total. The van der Waals surface area contributed by atoms with Gasteiger partial charge in [0.1, 0.15) is 4.90 Å². The van der Waals surface area contributed by atoms with Crippen molar-refractivity contribution in [3.05, 3.63) is 18.5 Å². The minimum atomic E-state index is -3.55. The number of pyridine rings is 1. The Morgan fingerprint density at radius 2 is 2.21 bits per heavy atom. The SMILES string of the molecule is CNc1ccncc1S(=O)(=O)NC1CCC(OC)C1. The third-order valence-corrected chi connectivity index (χ3v) is 4.93. The van der Waals surface area contributed by atoms with E-state index in [1.165, 1.54) is 6.20 Å². The summed E-state index contributed by atoms with van der Waals surface area (Å²) in [6, 6.07) is 1.57. The zero-order chi connectivity index (χ0) is 13.9. The molecule has 1 saturated carbocycles. The molecule has 0 amide bonds. The van der Waals surface area contributed by atoms with E-state index in [-0.39, 0.29) is 17.0 Å². The van der Waals surface area contributed by atoms with E-state index in [0.717, 1.165) is 12.8 Å². The van der Waals surface area contributed by atoms with Gasteiger partial charge in [0, 0.05) is 32.6 Å². The molecule has 0 bridgehead atoms. The number of nitrogens with one attached hydrogen (secondary N) is 2. The van der Waals surface area contributed by atoms with Crippen LogP contribution in [0.25, 0.3) is 0 Å². The molecule has 0 aliphatic heterocycles. The fourth-order valence-electron chi connectivity index (χ4n) is 2.34. The quantitative estimate of drug-likeness (QED) is 0.842. The fraction of sp³-hybridized carbons (Fsp3) is 0.583. The Hall–Kier alpha value is -1.18. The molecule has 1 aromatic rings. The first-order valence-electron chi connectivity index (χ1n) is 6.23. The first-order chi connectivity index (χ1) is 9.06. The number of hydrogen-bond donors (Lipinski definition) is 2. The van der Waals surface area contributed by atoms with Crippen LogP contribution in [-0.4, -0.2) is 39.7 Å².